The summed E-state index contributed by atoms with van der Waals surface area (Å²) in [5.74, 6) is 0.277. The van der Waals surface area contributed by atoms with Crippen molar-refractivity contribution in [3.8, 4) is 0 Å². The topological polar surface area (TPSA) is 25.8 Å². The molecule has 2 rings (SSSR count). The molecule has 0 radical (unpaired) electrons. The van der Waals surface area contributed by atoms with E-state index in [0.717, 1.165) is 18.9 Å². The molecule has 1 aromatic rings. The lowest BCUT2D eigenvalue weighted by molar-refractivity contribution is -0.141. The Labute approximate surface area is 83.1 Å². The molecule has 0 N–H and O–H groups in total. The van der Waals surface area contributed by atoms with Crippen LogP contribution >= 0.6 is 11.6 Å². The first-order valence-electron chi connectivity index (χ1n) is 4.08. The number of nitrogens with zero attached hydrogens (tertiary/aromatic N) is 2. The van der Waals surface area contributed by atoms with Crippen LogP contribution in [0.15, 0.2) is 6.07 Å². The minimum absolute atomic E-state index is 0.0646. The van der Waals surface area contributed by atoms with Crippen LogP contribution in [0.5, 0.6) is 0 Å². The Morgan fingerprint density at radius 3 is 2.43 bits per heavy atom. The predicted octanol–water partition coefficient (Wildman–Crippen LogP) is 3.03. The van der Waals surface area contributed by atoms with Crippen LogP contribution in [0.1, 0.15) is 30.3 Å². The minimum Gasteiger partial charge on any atom is -0.228 e. The van der Waals surface area contributed by atoms with E-state index in [1.807, 2.05) is 0 Å². The van der Waals surface area contributed by atoms with Crippen LogP contribution in [0.25, 0.3) is 0 Å². The maximum atomic E-state index is 12.3. The summed E-state index contributed by atoms with van der Waals surface area (Å²) < 4.78 is 36.8. The third kappa shape index (κ3) is 1.97. The third-order valence-corrected chi connectivity index (χ3v) is 2.14. The molecule has 6 heteroatoms. The molecule has 76 valence electrons. The van der Waals surface area contributed by atoms with Gasteiger partial charge in [-0.2, -0.15) is 13.2 Å². The van der Waals surface area contributed by atoms with Crippen LogP contribution in [0.4, 0.5) is 13.2 Å². The summed E-state index contributed by atoms with van der Waals surface area (Å²) in [4.78, 5) is 7.21. The van der Waals surface area contributed by atoms with E-state index >= 15 is 0 Å². The van der Waals surface area contributed by atoms with Gasteiger partial charge in [0.1, 0.15) is 16.7 Å². The zero-order chi connectivity index (χ0) is 10.3. The molecule has 0 spiro atoms. The highest BCUT2D eigenvalue weighted by Crippen LogP contribution is 2.39. The summed E-state index contributed by atoms with van der Waals surface area (Å²) in [6, 6.07) is 0.743. The zero-order valence-corrected chi connectivity index (χ0v) is 7.73. The van der Waals surface area contributed by atoms with Gasteiger partial charge in [0.05, 0.1) is 0 Å². The Kier molecular flexibility index (Phi) is 2.14. The van der Waals surface area contributed by atoms with E-state index in [4.69, 9.17) is 11.6 Å². The van der Waals surface area contributed by atoms with Gasteiger partial charge in [0, 0.05) is 12.0 Å². The average molecular weight is 223 g/mol. The minimum atomic E-state index is -4.45. The van der Waals surface area contributed by atoms with Crippen molar-refractivity contribution >= 4 is 11.6 Å². The number of aromatic nitrogens is 2. The molecular formula is C8H6ClF3N2. The SMILES string of the molecule is FC(F)(F)c1cc(Cl)nc(C2CC2)n1. The molecule has 0 unspecified atom stereocenters. The van der Waals surface area contributed by atoms with Gasteiger partial charge in [0.2, 0.25) is 0 Å². The van der Waals surface area contributed by atoms with E-state index in [2.05, 4.69) is 9.97 Å². The van der Waals surface area contributed by atoms with E-state index in [1.54, 1.807) is 0 Å². The Bertz CT molecular complexity index is 360. The van der Waals surface area contributed by atoms with Crippen molar-refractivity contribution in [3.05, 3.63) is 22.7 Å². The maximum Gasteiger partial charge on any atom is 0.433 e. The largest absolute Gasteiger partial charge is 0.433 e. The van der Waals surface area contributed by atoms with E-state index < -0.39 is 11.9 Å². The summed E-state index contributed by atoms with van der Waals surface area (Å²) in [7, 11) is 0. The number of rotatable bonds is 1. The maximum absolute atomic E-state index is 12.3. The Hall–Kier alpha value is -0.840. The molecule has 0 atom stereocenters. The van der Waals surface area contributed by atoms with Crippen LogP contribution in [0.3, 0.4) is 0 Å². The predicted molar refractivity (Wildman–Crippen MR) is 44.0 cm³/mol. The molecule has 1 aliphatic carbocycles. The molecule has 0 aromatic carbocycles. The molecule has 0 aliphatic heterocycles. The zero-order valence-electron chi connectivity index (χ0n) is 6.98. The normalized spacial score (nSPS) is 17.1. The number of hydrogen-bond acceptors (Lipinski definition) is 2. The standard InChI is InChI=1S/C8H6ClF3N2/c9-6-3-5(8(10,11)12)13-7(14-6)4-1-2-4/h3-4H,1-2H2. The summed E-state index contributed by atoms with van der Waals surface area (Å²) >= 11 is 5.48. The first kappa shape index (κ1) is 9.71. The molecule has 0 saturated heterocycles. The Balaban J connectivity index is 2.41. The van der Waals surface area contributed by atoms with Gasteiger partial charge >= 0.3 is 6.18 Å². The van der Waals surface area contributed by atoms with Crippen LogP contribution < -0.4 is 0 Å². The second-order valence-electron chi connectivity index (χ2n) is 3.21. The molecule has 14 heavy (non-hydrogen) atoms. The fourth-order valence-electron chi connectivity index (χ4n) is 1.10. The van der Waals surface area contributed by atoms with Gasteiger partial charge < -0.3 is 0 Å². The number of alkyl halides is 3. The van der Waals surface area contributed by atoms with Crippen molar-refractivity contribution in [1.29, 1.82) is 0 Å². The number of halogens is 4. The first-order chi connectivity index (χ1) is 6.47. The average Bonchev–Trinajstić information content (AvgIpc) is 2.83. The van der Waals surface area contributed by atoms with E-state index in [1.165, 1.54) is 0 Å². The van der Waals surface area contributed by atoms with Crippen molar-refractivity contribution in [2.24, 2.45) is 0 Å². The van der Waals surface area contributed by atoms with Gasteiger partial charge in [-0.1, -0.05) is 11.6 Å². The smallest absolute Gasteiger partial charge is 0.228 e. The molecule has 1 fully saturated rings. The summed E-state index contributed by atoms with van der Waals surface area (Å²) in [5.41, 5.74) is -0.959. The fraction of sp³-hybridized carbons (Fsp3) is 0.500. The van der Waals surface area contributed by atoms with Crippen LogP contribution in [-0.4, -0.2) is 9.97 Å². The van der Waals surface area contributed by atoms with Gasteiger partial charge in [0.15, 0.2) is 0 Å². The van der Waals surface area contributed by atoms with E-state index in [9.17, 15) is 13.2 Å². The van der Waals surface area contributed by atoms with Gasteiger partial charge in [-0.25, -0.2) is 9.97 Å². The van der Waals surface area contributed by atoms with Gasteiger partial charge in [-0.05, 0) is 12.8 Å². The lowest BCUT2D eigenvalue weighted by atomic mass is 10.3. The number of hydrogen-bond donors (Lipinski definition) is 0. The Morgan fingerprint density at radius 1 is 1.29 bits per heavy atom. The monoisotopic (exact) mass is 222 g/mol. The third-order valence-electron chi connectivity index (χ3n) is 1.95. The van der Waals surface area contributed by atoms with Crippen molar-refractivity contribution in [2.45, 2.75) is 24.9 Å². The van der Waals surface area contributed by atoms with Gasteiger partial charge in [-0.3, -0.25) is 0 Å². The molecule has 1 aliphatic rings. The Morgan fingerprint density at radius 2 is 1.93 bits per heavy atom. The molecule has 0 amide bonds. The highest BCUT2D eigenvalue weighted by Gasteiger charge is 2.35. The second kappa shape index (κ2) is 3.08. The molecule has 1 heterocycles. The molecule has 1 saturated carbocycles. The molecule has 2 nitrogen and oxygen atoms in total. The van der Waals surface area contributed by atoms with Crippen LogP contribution in [0.2, 0.25) is 5.15 Å². The van der Waals surface area contributed by atoms with Crippen molar-refractivity contribution in [3.63, 3.8) is 0 Å². The van der Waals surface area contributed by atoms with Crippen molar-refractivity contribution in [2.75, 3.05) is 0 Å². The fourth-order valence-corrected chi connectivity index (χ4v) is 1.29. The first-order valence-corrected chi connectivity index (χ1v) is 4.46. The van der Waals surface area contributed by atoms with Crippen molar-refractivity contribution < 1.29 is 13.2 Å². The quantitative estimate of drug-likeness (QED) is 0.683. The van der Waals surface area contributed by atoms with Crippen LogP contribution in [-0.2, 0) is 6.18 Å². The lowest BCUT2D eigenvalue weighted by Gasteiger charge is -2.07. The summed E-state index contributed by atoms with van der Waals surface area (Å²) in [5, 5.41) is -0.144. The van der Waals surface area contributed by atoms with Gasteiger partial charge in [-0.15, -0.1) is 0 Å². The molecule has 1 aromatic heterocycles. The highest BCUT2D eigenvalue weighted by atomic mass is 35.5. The van der Waals surface area contributed by atoms with Crippen LogP contribution in [0, 0.1) is 0 Å². The summed E-state index contributed by atoms with van der Waals surface area (Å²) in [6.45, 7) is 0. The second-order valence-corrected chi connectivity index (χ2v) is 3.59. The lowest BCUT2D eigenvalue weighted by Crippen LogP contribution is -2.10. The van der Waals surface area contributed by atoms with Gasteiger partial charge in [0.25, 0.3) is 0 Å². The van der Waals surface area contributed by atoms with Crippen molar-refractivity contribution in [1.82, 2.24) is 9.97 Å². The summed E-state index contributed by atoms with van der Waals surface area (Å²) in [6.07, 6.45) is -2.76. The molecule has 0 bridgehead atoms. The molecular weight excluding hydrogens is 217 g/mol. The van der Waals surface area contributed by atoms with E-state index in [0.29, 0.717) is 0 Å². The highest BCUT2D eigenvalue weighted by molar-refractivity contribution is 6.29. The van der Waals surface area contributed by atoms with E-state index in [-0.39, 0.29) is 16.9 Å².